The van der Waals surface area contributed by atoms with E-state index in [9.17, 15) is 14.0 Å². The van der Waals surface area contributed by atoms with E-state index < -0.39 is 6.04 Å². The Bertz CT molecular complexity index is 939. The van der Waals surface area contributed by atoms with Gasteiger partial charge in [-0.25, -0.2) is 4.39 Å². The Balaban J connectivity index is 2.18. The minimum Gasteiger partial charge on any atom is -0.483 e. The summed E-state index contributed by atoms with van der Waals surface area (Å²) in [5.74, 6) is -0.407. The van der Waals surface area contributed by atoms with Gasteiger partial charge >= 0.3 is 0 Å². The fraction of sp³-hybridized carbons (Fsp3) is 0.440. The Morgan fingerprint density at radius 3 is 2.25 bits per heavy atom. The molecule has 0 heterocycles. The normalized spacial score (nSPS) is 12.4. The van der Waals surface area contributed by atoms with E-state index in [-0.39, 0.29) is 42.2 Å². The van der Waals surface area contributed by atoms with Crippen molar-refractivity contribution in [2.75, 3.05) is 6.61 Å². The van der Waals surface area contributed by atoms with Crippen LogP contribution in [0.2, 0.25) is 0 Å². The van der Waals surface area contributed by atoms with E-state index >= 15 is 0 Å². The molecule has 0 fully saturated rings. The van der Waals surface area contributed by atoms with E-state index in [2.05, 4.69) is 42.0 Å². The first-order chi connectivity index (χ1) is 14.9. The monoisotopic (exact) mass is 506 g/mol. The third-order valence-electron chi connectivity index (χ3n) is 5.01. The van der Waals surface area contributed by atoms with Gasteiger partial charge in [-0.2, -0.15) is 0 Å². The number of hydrogen-bond acceptors (Lipinski definition) is 3. The van der Waals surface area contributed by atoms with Crippen molar-refractivity contribution in [2.45, 2.75) is 65.6 Å². The maximum absolute atomic E-state index is 13.3. The van der Waals surface area contributed by atoms with Crippen LogP contribution in [0.1, 0.15) is 52.7 Å². The van der Waals surface area contributed by atoms with Crippen molar-refractivity contribution in [3.05, 3.63) is 63.9 Å². The molecular formula is C25H32BrFN2O3. The Kier molecular flexibility index (Phi) is 8.84. The van der Waals surface area contributed by atoms with Crippen LogP contribution in [0.4, 0.5) is 4.39 Å². The molecule has 0 bridgehead atoms. The maximum Gasteiger partial charge on any atom is 0.261 e. The molecule has 0 aliphatic rings. The van der Waals surface area contributed by atoms with Gasteiger partial charge in [-0.1, -0.05) is 39.0 Å². The second kappa shape index (κ2) is 10.9. The first-order valence-electron chi connectivity index (χ1n) is 10.7. The van der Waals surface area contributed by atoms with Gasteiger partial charge in [0.2, 0.25) is 5.91 Å². The van der Waals surface area contributed by atoms with Gasteiger partial charge in [-0.15, -0.1) is 0 Å². The summed E-state index contributed by atoms with van der Waals surface area (Å²) in [6, 6.07) is 10.9. The molecule has 32 heavy (non-hydrogen) atoms. The van der Waals surface area contributed by atoms with Crippen molar-refractivity contribution in [3.63, 3.8) is 0 Å². The van der Waals surface area contributed by atoms with Gasteiger partial charge in [-0.05, 0) is 77.5 Å². The first kappa shape index (κ1) is 25.8. The van der Waals surface area contributed by atoms with E-state index in [4.69, 9.17) is 4.74 Å². The van der Waals surface area contributed by atoms with E-state index in [0.717, 1.165) is 15.6 Å². The first-order valence-corrected chi connectivity index (χ1v) is 11.4. The number of benzene rings is 2. The summed E-state index contributed by atoms with van der Waals surface area (Å²) >= 11 is 3.52. The number of carbonyl (C=O) groups is 2. The van der Waals surface area contributed by atoms with Gasteiger partial charge in [0.1, 0.15) is 17.6 Å². The minimum absolute atomic E-state index is 0.0119. The van der Waals surface area contributed by atoms with Crippen molar-refractivity contribution >= 4 is 27.7 Å². The number of nitrogens with zero attached hydrogens (tertiary/aromatic N) is 1. The van der Waals surface area contributed by atoms with E-state index in [1.165, 1.54) is 17.0 Å². The predicted molar refractivity (Wildman–Crippen MR) is 128 cm³/mol. The van der Waals surface area contributed by atoms with Crippen LogP contribution in [0.3, 0.4) is 0 Å². The lowest BCUT2D eigenvalue weighted by molar-refractivity contribution is -0.142. The van der Waals surface area contributed by atoms with Crippen LogP contribution in [-0.2, 0) is 21.5 Å². The molecule has 2 amide bonds. The van der Waals surface area contributed by atoms with Gasteiger partial charge in [0.25, 0.3) is 5.91 Å². The number of carbonyl (C=O) groups excluding carboxylic acids is 2. The molecule has 0 unspecified atom stereocenters. The van der Waals surface area contributed by atoms with Gasteiger partial charge in [0.05, 0.1) is 4.47 Å². The second-order valence-corrected chi connectivity index (χ2v) is 10.0. The third-order valence-corrected chi connectivity index (χ3v) is 5.63. The van der Waals surface area contributed by atoms with Crippen LogP contribution in [0.15, 0.2) is 46.9 Å². The largest absolute Gasteiger partial charge is 0.483 e. The molecule has 2 aromatic rings. The molecule has 2 rings (SSSR count). The molecule has 0 aromatic heterocycles. The van der Waals surface area contributed by atoms with E-state index in [1.807, 2.05) is 32.0 Å². The zero-order chi connectivity index (χ0) is 24.1. The number of ether oxygens (including phenoxy) is 1. The topological polar surface area (TPSA) is 58.6 Å². The van der Waals surface area contributed by atoms with Crippen molar-refractivity contribution in [1.82, 2.24) is 10.2 Å². The maximum atomic E-state index is 13.3. The average molecular weight is 507 g/mol. The summed E-state index contributed by atoms with van der Waals surface area (Å²) in [5, 5.41) is 2.83. The number of halogens is 2. The quantitative estimate of drug-likeness (QED) is 0.534. The number of rotatable bonds is 8. The fourth-order valence-electron chi connectivity index (χ4n) is 3.08. The molecule has 0 saturated carbocycles. The lowest BCUT2D eigenvalue weighted by Crippen LogP contribution is -2.50. The van der Waals surface area contributed by atoms with Gasteiger partial charge in [0.15, 0.2) is 6.61 Å². The van der Waals surface area contributed by atoms with Crippen molar-refractivity contribution in [2.24, 2.45) is 0 Å². The molecule has 2 aromatic carbocycles. The molecule has 0 aliphatic carbocycles. The second-order valence-electron chi connectivity index (χ2n) is 9.17. The van der Waals surface area contributed by atoms with Crippen LogP contribution >= 0.6 is 15.9 Å². The molecular weight excluding hydrogens is 475 g/mol. The van der Waals surface area contributed by atoms with Gasteiger partial charge in [-0.3, -0.25) is 9.59 Å². The summed E-state index contributed by atoms with van der Waals surface area (Å²) in [7, 11) is 0. The predicted octanol–water partition coefficient (Wildman–Crippen LogP) is 5.21. The van der Waals surface area contributed by atoms with Crippen molar-refractivity contribution in [1.29, 1.82) is 0 Å². The molecule has 5 nitrogen and oxygen atoms in total. The summed E-state index contributed by atoms with van der Waals surface area (Å²) in [5.41, 5.74) is 1.85. The Morgan fingerprint density at radius 2 is 1.72 bits per heavy atom. The highest BCUT2D eigenvalue weighted by Crippen LogP contribution is 2.31. The SMILES string of the molecule is CC(C)NC(=O)[C@@H](C)N(Cc1ccc(F)cc1)C(=O)COc1ccc(C(C)(C)C)cc1Br. The summed E-state index contributed by atoms with van der Waals surface area (Å²) < 4.78 is 19.8. The Labute approximate surface area is 198 Å². The van der Waals surface area contributed by atoms with Crippen LogP contribution in [0.25, 0.3) is 0 Å². The third kappa shape index (κ3) is 7.33. The molecule has 0 spiro atoms. The summed E-state index contributed by atoms with van der Waals surface area (Å²) in [4.78, 5) is 27.1. The molecule has 0 aliphatic heterocycles. The Hall–Kier alpha value is -2.41. The zero-order valence-corrected chi connectivity index (χ0v) is 21.1. The zero-order valence-electron chi connectivity index (χ0n) is 19.5. The lowest BCUT2D eigenvalue weighted by Gasteiger charge is -2.29. The lowest BCUT2D eigenvalue weighted by atomic mass is 9.87. The number of nitrogens with one attached hydrogen (secondary N) is 1. The van der Waals surface area contributed by atoms with Crippen LogP contribution < -0.4 is 10.1 Å². The summed E-state index contributed by atoms with van der Waals surface area (Å²) in [6.45, 7) is 11.7. The molecule has 7 heteroatoms. The number of hydrogen-bond donors (Lipinski definition) is 1. The molecule has 1 N–H and O–H groups in total. The van der Waals surface area contributed by atoms with Gasteiger partial charge < -0.3 is 15.0 Å². The molecule has 1 atom stereocenters. The van der Waals surface area contributed by atoms with Gasteiger partial charge in [0, 0.05) is 12.6 Å². The highest BCUT2D eigenvalue weighted by atomic mass is 79.9. The number of amides is 2. The minimum atomic E-state index is -0.717. The van der Waals surface area contributed by atoms with Crippen molar-refractivity contribution in [3.8, 4) is 5.75 Å². The fourth-order valence-corrected chi connectivity index (χ4v) is 3.57. The Morgan fingerprint density at radius 1 is 1.09 bits per heavy atom. The molecule has 0 radical (unpaired) electrons. The highest BCUT2D eigenvalue weighted by Gasteiger charge is 2.27. The van der Waals surface area contributed by atoms with Crippen LogP contribution in [0.5, 0.6) is 5.75 Å². The molecule has 0 saturated heterocycles. The van der Waals surface area contributed by atoms with E-state index in [0.29, 0.717) is 5.75 Å². The highest BCUT2D eigenvalue weighted by molar-refractivity contribution is 9.10. The standard InChI is InChI=1S/C25H32BrFN2O3/c1-16(2)28-24(31)17(3)29(14-18-7-10-20(27)11-8-18)23(30)15-32-22-12-9-19(13-21(22)26)25(4,5)6/h7-13,16-17H,14-15H2,1-6H3,(H,28,31)/t17-/m1/s1. The van der Waals surface area contributed by atoms with Crippen molar-refractivity contribution < 1.29 is 18.7 Å². The smallest absolute Gasteiger partial charge is 0.261 e. The summed E-state index contributed by atoms with van der Waals surface area (Å²) in [6.07, 6.45) is 0. The van der Waals surface area contributed by atoms with E-state index in [1.54, 1.807) is 19.1 Å². The average Bonchev–Trinajstić information content (AvgIpc) is 2.70. The van der Waals surface area contributed by atoms with Crippen LogP contribution in [0, 0.1) is 5.82 Å². The van der Waals surface area contributed by atoms with Crippen LogP contribution in [-0.4, -0.2) is 35.4 Å². The molecule has 174 valence electrons.